The van der Waals surface area contributed by atoms with Gasteiger partial charge in [-0.2, -0.15) is 5.26 Å². The Bertz CT molecular complexity index is 350. The molecule has 0 fully saturated rings. The highest BCUT2D eigenvalue weighted by Gasteiger charge is 2.20. The number of nitriles is 1. The highest BCUT2D eigenvalue weighted by molar-refractivity contribution is 5.76. The fraction of sp³-hybridized carbons (Fsp3) is 0.786. The van der Waals surface area contributed by atoms with Gasteiger partial charge in [-0.05, 0) is 12.3 Å². The van der Waals surface area contributed by atoms with E-state index in [0.717, 1.165) is 6.42 Å². The molecule has 1 atom stereocenters. The van der Waals surface area contributed by atoms with E-state index < -0.39 is 11.9 Å². The van der Waals surface area contributed by atoms with Gasteiger partial charge in [0.1, 0.15) is 0 Å². The number of carbonyl (C=O) groups is 2. The van der Waals surface area contributed by atoms with Crippen molar-refractivity contribution in [1.82, 2.24) is 10.2 Å². The molecule has 114 valence electrons. The van der Waals surface area contributed by atoms with Crippen LogP contribution < -0.4 is 5.32 Å². The van der Waals surface area contributed by atoms with Gasteiger partial charge in [-0.25, -0.2) is 4.79 Å². The Balaban J connectivity index is 4.43. The monoisotopic (exact) mass is 283 g/mol. The molecule has 6 heteroatoms. The number of nitrogens with zero attached hydrogens (tertiary/aromatic N) is 2. The largest absolute Gasteiger partial charge is 0.481 e. The number of rotatable bonds is 9. The van der Waals surface area contributed by atoms with Gasteiger partial charge >= 0.3 is 12.0 Å². The van der Waals surface area contributed by atoms with Crippen LogP contribution >= 0.6 is 0 Å². The molecule has 0 radical (unpaired) electrons. The lowest BCUT2D eigenvalue weighted by molar-refractivity contribution is -0.141. The molecule has 1 unspecified atom stereocenters. The van der Waals surface area contributed by atoms with Crippen molar-refractivity contribution in [3.63, 3.8) is 0 Å². The van der Waals surface area contributed by atoms with Crippen molar-refractivity contribution < 1.29 is 14.7 Å². The predicted octanol–water partition coefficient (Wildman–Crippen LogP) is 2.07. The molecule has 0 aliphatic rings. The summed E-state index contributed by atoms with van der Waals surface area (Å²) in [5.74, 6) is -1.15. The van der Waals surface area contributed by atoms with Crippen LogP contribution in [-0.2, 0) is 4.79 Å². The number of carboxylic acid groups (broad SMARTS) is 1. The van der Waals surface area contributed by atoms with Crippen molar-refractivity contribution in [2.24, 2.45) is 11.8 Å². The molecule has 0 aromatic carbocycles. The number of amides is 2. The van der Waals surface area contributed by atoms with E-state index >= 15 is 0 Å². The van der Waals surface area contributed by atoms with Gasteiger partial charge in [-0.1, -0.05) is 27.2 Å². The zero-order valence-corrected chi connectivity index (χ0v) is 12.6. The summed E-state index contributed by atoms with van der Waals surface area (Å²) in [4.78, 5) is 24.6. The summed E-state index contributed by atoms with van der Waals surface area (Å²) in [6.45, 7) is 6.94. The average molecular weight is 283 g/mol. The third-order valence-corrected chi connectivity index (χ3v) is 2.85. The molecule has 0 spiro atoms. The summed E-state index contributed by atoms with van der Waals surface area (Å²) in [6, 6.07) is 1.72. The molecule has 2 N–H and O–H groups in total. The summed E-state index contributed by atoms with van der Waals surface area (Å²) in [5, 5.41) is 20.3. The first kappa shape index (κ1) is 18.2. The van der Waals surface area contributed by atoms with Gasteiger partial charge in [0.25, 0.3) is 0 Å². The van der Waals surface area contributed by atoms with E-state index in [2.05, 4.69) is 5.32 Å². The third-order valence-electron chi connectivity index (χ3n) is 2.85. The molecular weight excluding hydrogens is 258 g/mol. The van der Waals surface area contributed by atoms with Crippen molar-refractivity contribution in [2.45, 2.75) is 40.0 Å². The number of nitrogens with one attached hydrogen (secondary N) is 1. The number of hydrogen-bond donors (Lipinski definition) is 2. The fourth-order valence-corrected chi connectivity index (χ4v) is 1.89. The topological polar surface area (TPSA) is 93.4 Å². The van der Waals surface area contributed by atoms with Crippen LogP contribution in [0, 0.1) is 23.2 Å². The molecule has 2 amide bonds. The number of carboxylic acids is 1. The van der Waals surface area contributed by atoms with Gasteiger partial charge in [0, 0.05) is 19.6 Å². The second-order valence-electron chi connectivity index (χ2n) is 5.26. The molecule has 0 aliphatic carbocycles. The molecule has 0 rings (SSSR count). The van der Waals surface area contributed by atoms with E-state index in [1.54, 1.807) is 4.90 Å². The van der Waals surface area contributed by atoms with E-state index in [4.69, 9.17) is 10.4 Å². The van der Waals surface area contributed by atoms with Crippen LogP contribution in [0.25, 0.3) is 0 Å². The van der Waals surface area contributed by atoms with Crippen LogP contribution in [0.2, 0.25) is 0 Å². The second kappa shape index (κ2) is 10.1. The van der Waals surface area contributed by atoms with Crippen molar-refractivity contribution in [3.05, 3.63) is 0 Å². The van der Waals surface area contributed by atoms with Crippen LogP contribution in [0.15, 0.2) is 0 Å². The molecule has 0 saturated heterocycles. The van der Waals surface area contributed by atoms with Crippen LogP contribution in [0.4, 0.5) is 4.79 Å². The highest BCUT2D eigenvalue weighted by atomic mass is 16.4. The molecule has 0 aromatic heterocycles. The van der Waals surface area contributed by atoms with E-state index in [1.165, 1.54) is 0 Å². The van der Waals surface area contributed by atoms with Crippen molar-refractivity contribution in [2.75, 3.05) is 19.6 Å². The first-order valence-corrected chi connectivity index (χ1v) is 7.04. The first-order chi connectivity index (χ1) is 9.42. The summed E-state index contributed by atoms with van der Waals surface area (Å²) in [5.41, 5.74) is 0. The minimum Gasteiger partial charge on any atom is -0.481 e. The normalized spacial score (nSPS) is 11.8. The lowest BCUT2D eigenvalue weighted by Crippen LogP contribution is -2.44. The number of aliphatic carboxylic acids is 1. The maximum Gasteiger partial charge on any atom is 0.317 e. The van der Waals surface area contributed by atoms with Crippen LogP contribution in [0.1, 0.15) is 40.0 Å². The fourth-order valence-electron chi connectivity index (χ4n) is 1.89. The minimum absolute atomic E-state index is 0.128. The Morgan fingerprint density at radius 3 is 2.50 bits per heavy atom. The summed E-state index contributed by atoms with van der Waals surface area (Å²) in [7, 11) is 0. The molecule has 20 heavy (non-hydrogen) atoms. The molecule has 0 heterocycles. The van der Waals surface area contributed by atoms with Crippen molar-refractivity contribution >= 4 is 12.0 Å². The lowest BCUT2D eigenvalue weighted by Gasteiger charge is -2.24. The molecule has 0 aromatic rings. The Morgan fingerprint density at radius 1 is 1.40 bits per heavy atom. The van der Waals surface area contributed by atoms with Crippen LogP contribution in [0.3, 0.4) is 0 Å². The maximum absolute atomic E-state index is 12.0. The standard InChI is InChI=1S/C14H25N3O3/c1-4-6-12(13(18)19)9-16-14(20)17(8-5-7-15)10-11(2)3/h11-12H,4-6,8-10H2,1-3H3,(H,16,20)(H,18,19). The maximum atomic E-state index is 12.0. The van der Waals surface area contributed by atoms with Crippen molar-refractivity contribution in [1.29, 1.82) is 5.26 Å². The number of hydrogen-bond acceptors (Lipinski definition) is 3. The molecule has 0 saturated carbocycles. The Labute approximate surface area is 120 Å². The average Bonchev–Trinajstić information content (AvgIpc) is 2.38. The third kappa shape index (κ3) is 7.62. The Morgan fingerprint density at radius 2 is 2.05 bits per heavy atom. The van der Waals surface area contributed by atoms with E-state index in [0.29, 0.717) is 25.4 Å². The van der Waals surface area contributed by atoms with E-state index in [1.807, 2.05) is 26.8 Å². The predicted molar refractivity (Wildman–Crippen MR) is 76.1 cm³/mol. The molecule has 0 bridgehead atoms. The lowest BCUT2D eigenvalue weighted by atomic mass is 10.0. The van der Waals surface area contributed by atoms with Gasteiger partial charge < -0.3 is 15.3 Å². The highest BCUT2D eigenvalue weighted by Crippen LogP contribution is 2.06. The zero-order valence-electron chi connectivity index (χ0n) is 12.6. The summed E-state index contributed by atoms with van der Waals surface area (Å²) < 4.78 is 0. The summed E-state index contributed by atoms with van der Waals surface area (Å²) >= 11 is 0. The van der Waals surface area contributed by atoms with Crippen LogP contribution in [0.5, 0.6) is 0 Å². The SMILES string of the molecule is CCCC(CNC(=O)N(CCC#N)CC(C)C)C(=O)O. The van der Waals surface area contributed by atoms with Gasteiger partial charge in [0.05, 0.1) is 18.4 Å². The molecule has 6 nitrogen and oxygen atoms in total. The summed E-state index contributed by atoms with van der Waals surface area (Å²) in [6.07, 6.45) is 1.58. The Kier molecular flexibility index (Phi) is 9.18. The van der Waals surface area contributed by atoms with Crippen LogP contribution in [-0.4, -0.2) is 41.6 Å². The number of urea groups is 1. The van der Waals surface area contributed by atoms with E-state index in [9.17, 15) is 9.59 Å². The van der Waals surface area contributed by atoms with Gasteiger partial charge in [-0.15, -0.1) is 0 Å². The smallest absolute Gasteiger partial charge is 0.317 e. The van der Waals surface area contributed by atoms with Gasteiger partial charge in [0.2, 0.25) is 0 Å². The van der Waals surface area contributed by atoms with Crippen molar-refractivity contribution in [3.8, 4) is 6.07 Å². The van der Waals surface area contributed by atoms with E-state index in [-0.39, 0.29) is 19.0 Å². The quantitative estimate of drug-likeness (QED) is 0.677. The first-order valence-electron chi connectivity index (χ1n) is 7.04. The minimum atomic E-state index is -0.889. The van der Waals surface area contributed by atoms with Gasteiger partial charge in [0.15, 0.2) is 0 Å². The molecule has 0 aliphatic heterocycles. The second-order valence-corrected chi connectivity index (χ2v) is 5.26. The number of carbonyl (C=O) groups excluding carboxylic acids is 1. The zero-order chi connectivity index (χ0) is 15.5. The molecular formula is C14H25N3O3. The Hall–Kier alpha value is -1.77. The van der Waals surface area contributed by atoms with Gasteiger partial charge in [-0.3, -0.25) is 4.79 Å².